The first kappa shape index (κ1) is 15.1. The van der Waals surface area contributed by atoms with Gasteiger partial charge in [-0.2, -0.15) is 0 Å². The quantitative estimate of drug-likeness (QED) is 0.912. The maximum Gasteiger partial charge on any atom is 0.306 e. The fourth-order valence-corrected chi connectivity index (χ4v) is 3.04. The van der Waals surface area contributed by atoms with Crippen LogP contribution in [0.15, 0.2) is 21.2 Å². The number of furan rings is 1. The highest BCUT2D eigenvalue weighted by Crippen LogP contribution is 2.30. The van der Waals surface area contributed by atoms with E-state index in [9.17, 15) is 9.59 Å². The van der Waals surface area contributed by atoms with E-state index < -0.39 is 5.97 Å². The molecule has 2 unspecified atom stereocenters. The second kappa shape index (κ2) is 6.43. The van der Waals surface area contributed by atoms with E-state index in [0.717, 1.165) is 12.8 Å². The number of nitrogens with zero attached hydrogens (tertiary/aromatic N) is 1. The average Bonchev–Trinajstić information content (AvgIpc) is 2.83. The van der Waals surface area contributed by atoms with Crippen molar-refractivity contribution in [1.82, 2.24) is 4.90 Å². The second-order valence-electron chi connectivity index (χ2n) is 5.30. The molecule has 0 saturated heterocycles. The van der Waals surface area contributed by atoms with Crippen molar-refractivity contribution in [3.8, 4) is 0 Å². The summed E-state index contributed by atoms with van der Waals surface area (Å²) < 4.78 is 6.02. The first-order valence-electron chi connectivity index (χ1n) is 6.69. The van der Waals surface area contributed by atoms with Crippen LogP contribution in [-0.2, 0) is 16.1 Å². The molecule has 110 valence electrons. The molecule has 20 heavy (non-hydrogen) atoms. The molecule has 1 saturated carbocycles. The molecule has 0 aliphatic heterocycles. The summed E-state index contributed by atoms with van der Waals surface area (Å²) >= 11 is 3.22. The van der Waals surface area contributed by atoms with E-state index in [0.29, 0.717) is 29.8 Å². The topological polar surface area (TPSA) is 70.8 Å². The van der Waals surface area contributed by atoms with Gasteiger partial charge in [-0.15, -0.1) is 0 Å². The molecule has 1 aromatic rings. The zero-order chi connectivity index (χ0) is 14.7. The van der Waals surface area contributed by atoms with Crippen LogP contribution >= 0.6 is 15.9 Å². The number of amides is 1. The Balaban J connectivity index is 1.94. The van der Waals surface area contributed by atoms with E-state index in [2.05, 4.69) is 15.9 Å². The van der Waals surface area contributed by atoms with Crippen LogP contribution in [0, 0.1) is 11.8 Å². The van der Waals surface area contributed by atoms with Gasteiger partial charge in [0.15, 0.2) is 4.67 Å². The zero-order valence-corrected chi connectivity index (χ0v) is 12.9. The van der Waals surface area contributed by atoms with Gasteiger partial charge in [-0.3, -0.25) is 9.59 Å². The van der Waals surface area contributed by atoms with E-state index in [-0.39, 0.29) is 17.7 Å². The Morgan fingerprint density at radius 3 is 2.70 bits per heavy atom. The molecule has 0 bridgehead atoms. The molecule has 1 aliphatic rings. The minimum atomic E-state index is -0.792. The lowest BCUT2D eigenvalue weighted by atomic mass is 9.81. The summed E-state index contributed by atoms with van der Waals surface area (Å²) in [5.74, 6) is -0.654. The summed E-state index contributed by atoms with van der Waals surface area (Å²) in [6.45, 7) is 0.401. The minimum Gasteiger partial charge on any atom is -0.481 e. The van der Waals surface area contributed by atoms with Crippen LogP contribution in [0.1, 0.15) is 31.4 Å². The van der Waals surface area contributed by atoms with Gasteiger partial charge in [-0.05, 0) is 47.3 Å². The lowest BCUT2D eigenvalue weighted by Crippen LogP contribution is -2.36. The summed E-state index contributed by atoms with van der Waals surface area (Å²) in [5.41, 5.74) is 0. The van der Waals surface area contributed by atoms with Gasteiger partial charge < -0.3 is 14.4 Å². The number of aliphatic carboxylic acids is 1. The molecule has 0 aromatic carbocycles. The molecule has 2 rings (SSSR count). The Bertz CT molecular complexity index is 499. The molecule has 1 N–H and O–H groups in total. The number of carbonyl (C=O) groups excluding carboxylic acids is 1. The van der Waals surface area contributed by atoms with Crippen molar-refractivity contribution in [2.24, 2.45) is 11.8 Å². The van der Waals surface area contributed by atoms with E-state index >= 15 is 0 Å². The highest BCUT2D eigenvalue weighted by atomic mass is 79.9. The van der Waals surface area contributed by atoms with E-state index in [1.165, 1.54) is 0 Å². The van der Waals surface area contributed by atoms with Crippen LogP contribution in [0.2, 0.25) is 0 Å². The van der Waals surface area contributed by atoms with Crippen molar-refractivity contribution >= 4 is 27.8 Å². The Morgan fingerprint density at radius 2 is 2.10 bits per heavy atom. The van der Waals surface area contributed by atoms with Crippen molar-refractivity contribution in [3.05, 3.63) is 22.6 Å². The van der Waals surface area contributed by atoms with Crippen molar-refractivity contribution in [2.45, 2.75) is 32.2 Å². The summed E-state index contributed by atoms with van der Waals surface area (Å²) in [6.07, 6.45) is 2.69. The molecule has 1 heterocycles. The van der Waals surface area contributed by atoms with Gasteiger partial charge in [0, 0.05) is 13.0 Å². The molecule has 6 heteroatoms. The van der Waals surface area contributed by atoms with Crippen LogP contribution < -0.4 is 0 Å². The molecule has 5 nitrogen and oxygen atoms in total. The largest absolute Gasteiger partial charge is 0.481 e. The van der Waals surface area contributed by atoms with Crippen molar-refractivity contribution in [2.75, 3.05) is 7.05 Å². The number of hydrogen-bond acceptors (Lipinski definition) is 3. The Hall–Kier alpha value is -1.30. The molecule has 1 aliphatic carbocycles. The van der Waals surface area contributed by atoms with Gasteiger partial charge in [0.25, 0.3) is 0 Å². The molecule has 1 aromatic heterocycles. The van der Waals surface area contributed by atoms with Crippen LogP contribution in [0.3, 0.4) is 0 Å². The Kier molecular flexibility index (Phi) is 4.86. The number of carboxylic acid groups (broad SMARTS) is 1. The predicted octanol–water partition coefficient (Wildman–Crippen LogP) is 2.89. The molecule has 1 fully saturated rings. The number of hydrogen-bond donors (Lipinski definition) is 1. The van der Waals surface area contributed by atoms with Gasteiger partial charge in [0.2, 0.25) is 5.91 Å². The third-order valence-electron chi connectivity index (χ3n) is 3.77. The van der Waals surface area contributed by atoms with Crippen LogP contribution in [0.25, 0.3) is 0 Å². The molecule has 0 spiro atoms. The highest BCUT2D eigenvalue weighted by Gasteiger charge is 2.32. The maximum atomic E-state index is 12.4. The van der Waals surface area contributed by atoms with E-state index in [4.69, 9.17) is 9.52 Å². The second-order valence-corrected chi connectivity index (χ2v) is 6.08. The zero-order valence-electron chi connectivity index (χ0n) is 11.3. The molecular weight excluding hydrogens is 326 g/mol. The number of carboxylic acids is 1. The lowest BCUT2D eigenvalue weighted by Gasteiger charge is -2.29. The summed E-state index contributed by atoms with van der Waals surface area (Å²) in [5, 5.41) is 9.07. The first-order chi connectivity index (χ1) is 9.47. The number of halogens is 1. The standard InChI is InChI=1S/C14H18BrNO4/c1-16(8-11-5-6-12(15)20-11)13(17)9-3-2-4-10(7-9)14(18)19/h5-6,9-10H,2-4,7-8H2,1H3,(H,18,19). The monoisotopic (exact) mass is 343 g/mol. The van der Waals surface area contributed by atoms with Crippen LogP contribution in [0.5, 0.6) is 0 Å². The van der Waals surface area contributed by atoms with Crippen LogP contribution in [-0.4, -0.2) is 28.9 Å². The van der Waals surface area contributed by atoms with Crippen LogP contribution in [0.4, 0.5) is 0 Å². The third-order valence-corrected chi connectivity index (χ3v) is 4.20. The smallest absolute Gasteiger partial charge is 0.306 e. The highest BCUT2D eigenvalue weighted by molar-refractivity contribution is 9.10. The predicted molar refractivity (Wildman–Crippen MR) is 76.0 cm³/mol. The van der Waals surface area contributed by atoms with Gasteiger partial charge in [0.05, 0.1) is 12.5 Å². The maximum absolute atomic E-state index is 12.4. The Labute approximate surface area is 126 Å². The minimum absolute atomic E-state index is 0.00322. The SMILES string of the molecule is CN(Cc1ccc(Br)o1)C(=O)C1CCCC(C(=O)O)C1. The van der Waals surface area contributed by atoms with Crippen molar-refractivity contribution in [1.29, 1.82) is 0 Å². The summed E-state index contributed by atoms with van der Waals surface area (Å²) in [6, 6.07) is 3.60. The molecule has 1 amide bonds. The fraction of sp³-hybridized carbons (Fsp3) is 0.571. The third kappa shape index (κ3) is 3.62. The first-order valence-corrected chi connectivity index (χ1v) is 7.48. The van der Waals surface area contributed by atoms with Gasteiger partial charge in [0.1, 0.15) is 5.76 Å². The molecule has 2 atom stereocenters. The fourth-order valence-electron chi connectivity index (χ4n) is 2.70. The Morgan fingerprint density at radius 1 is 1.40 bits per heavy atom. The molecular formula is C14H18BrNO4. The summed E-state index contributed by atoms with van der Waals surface area (Å²) in [4.78, 5) is 25.0. The van der Waals surface area contributed by atoms with Gasteiger partial charge in [-0.1, -0.05) is 6.42 Å². The van der Waals surface area contributed by atoms with E-state index in [1.54, 1.807) is 18.0 Å². The van der Waals surface area contributed by atoms with Crippen molar-refractivity contribution < 1.29 is 19.1 Å². The number of carbonyl (C=O) groups is 2. The average molecular weight is 344 g/mol. The van der Waals surface area contributed by atoms with Gasteiger partial charge in [-0.25, -0.2) is 0 Å². The van der Waals surface area contributed by atoms with E-state index in [1.807, 2.05) is 6.07 Å². The number of rotatable bonds is 4. The normalized spacial score (nSPS) is 22.5. The molecule has 0 radical (unpaired) electrons. The van der Waals surface area contributed by atoms with Crippen molar-refractivity contribution in [3.63, 3.8) is 0 Å². The van der Waals surface area contributed by atoms with Gasteiger partial charge >= 0.3 is 5.97 Å². The summed E-state index contributed by atoms with van der Waals surface area (Å²) in [7, 11) is 1.73. The lowest BCUT2D eigenvalue weighted by molar-refractivity contribution is -0.145.